The first-order valence-corrected chi connectivity index (χ1v) is 6.14. The summed E-state index contributed by atoms with van der Waals surface area (Å²) in [5.74, 6) is 0.276. The molecule has 0 spiro atoms. The zero-order valence-corrected chi connectivity index (χ0v) is 10.0. The third kappa shape index (κ3) is 2.79. The topological polar surface area (TPSA) is 9.23 Å². The Bertz CT molecular complexity index is 329. The third-order valence-corrected chi connectivity index (χ3v) is 4.03. The van der Waals surface area contributed by atoms with E-state index in [0.29, 0.717) is 10.7 Å². The summed E-state index contributed by atoms with van der Waals surface area (Å²) in [6.07, 6.45) is 1.77. The van der Waals surface area contributed by atoms with Crippen LogP contribution in [0, 0.1) is 11.7 Å². The fourth-order valence-electron chi connectivity index (χ4n) is 1.90. The van der Waals surface area contributed by atoms with Crippen LogP contribution in [0.15, 0.2) is 24.3 Å². The lowest BCUT2D eigenvalue weighted by molar-refractivity contribution is 0.0603. The molecule has 2 unspecified atom stereocenters. The van der Waals surface area contributed by atoms with Crippen molar-refractivity contribution in [2.24, 2.45) is 5.92 Å². The van der Waals surface area contributed by atoms with Gasteiger partial charge in [0, 0.05) is 11.4 Å². The number of hydrogen-bond donors (Lipinski definition) is 0. The van der Waals surface area contributed by atoms with Gasteiger partial charge < -0.3 is 4.74 Å². The van der Waals surface area contributed by atoms with Crippen LogP contribution < -0.4 is 0 Å². The average molecular weight is 273 g/mol. The Kier molecular flexibility index (Phi) is 3.76. The van der Waals surface area contributed by atoms with Gasteiger partial charge in [-0.15, -0.1) is 0 Å². The van der Waals surface area contributed by atoms with E-state index < -0.39 is 0 Å². The van der Waals surface area contributed by atoms with Crippen LogP contribution in [-0.4, -0.2) is 18.0 Å². The minimum atomic E-state index is -0.109. The summed E-state index contributed by atoms with van der Waals surface area (Å²) < 4.78 is 18.8. The Hall–Kier alpha value is -0.410. The summed E-state index contributed by atoms with van der Waals surface area (Å²) in [7, 11) is 0. The van der Waals surface area contributed by atoms with Crippen molar-refractivity contribution in [3.05, 3.63) is 35.6 Å². The number of benzene rings is 1. The third-order valence-electron chi connectivity index (χ3n) is 2.82. The quantitative estimate of drug-likeness (QED) is 0.752. The molecule has 1 saturated heterocycles. The second-order valence-corrected chi connectivity index (χ2v) is 5.11. The largest absolute Gasteiger partial charge is 0.381 e. The number of hydrogen-bond acceptors (Lipinski definition) is 1. The molecule has 0 radical (unpaired) electrons. The van der Waals surface area contributed by atoms with Gasteiger partial charge in [-0.25, -0.2) is 4.39 Å². The van der Waals surface area contributed by atoms with Crippen molar-refractivity contribution in [1.29, 1.82) is 0 Å². The first kappa shape index (κ1) is 11.1. The molecule has 1 heterocycles. The van der Waals surface area contributed by atoms with E-state index in [0.717, 1.165) is 31.6 Å². The van der Waals surface area contributed by atoms with E-state index in [1.807, 2.05) is 12.1 Å². The van der Waals surface area contributed by atoms with Gasteiger partial charge in [0.2, 0.25) is 0 Å². The highest BCUT2D eigenvalue weighted by Gasteiger charge is 2.24. The maximum absolute atomic E-state index is 13.4. The minimum Gasteiger partial charge on any atom is -0.381 e. The molecule has 0 aliphatic carbocycles. The monoisotopic (exact) mass is 272 g/mol. The van der Waals surface area contributed by atoms with Gasteiger partial charge in [-0.05, 0) is 30.4 Å². The van der Waals surface area contributed by atoms with Crippen molar-refractivity contribution in [3.8, 4) is 0 Å². The molecule has 15 heavy (non-hydrogen) atoms. The summed E-state index contributed by atoms with van der Waals surface area (Å²) in [5, 5.41) is 0. The van der Waals surface area contributed by atoms with E-state index in [1.165, 1.54) is 6.07 Å². The zero-order valence-electron chi connectivity index (χ0n) is 8.46. The molecule has 1 aliphatic heterocycles. The Morgan fingerprint density at radius 3 is 2.93 bits per heavy atom. The zero-order chi connectivity index (χ0) is 10.7. The van der Waals surface area contributed by atoms with E-state index >= 15 is 0 Å². The van der Waals surface area contributed by atoms with Crippen molar-refractivity contribution in [2.45, 2.75) is 17.7 Å². The fraction of sp³-hybridized carbons (Fsp3) is 0.500. The van der Waals surface area contributed by atoms with Gasteiger partial charge in [0.05, 0.1) is 6.61 Å². The smallest absolute Gasteiger partial charge is 0.126 e. The van der Waals surface area contributed by atoms with Crippen LogP contribution in [0.2, 0.25) is 0 Å². The SMILES string of the molecule is Fc1ccccc1CC1COCCC1Br. The molecule has 0 bridgehead atoms. The van der Waals surface area contributed by atoms with Crippen LogP contribution in [0.25, 0.3) is 0 Å². The summed E-state index contributed by atoms with van der Waals surface area (Å²) in [6.45, 7) is 1.54. The van der Waals surface area contributed by atoms with Crippen LogP contribution in [0.5, 0.6) is 0 Å². The number of rotatable bonds is 2. The molecule has 0 saturated carbocycles. The molecule has 0 aromatic heterocycles. The number of halogens is 2. The van der Waals surface area contributed by atoms with Crippen LogP contribution in [0.1, 0.15) is 12.0 Å². The van der Waals surface area contributed by atoms with Gasteiger partial charge in [-0.3, -0.25) is 0 Å². The standard InChI is InChI=1S/C12H14BrFO/c13-11-5-6-15-8-10(11)7-9-3-1-2-4-12(9)14/h1-4,10-11H,5-8H2. The van der Waals surface area contributed by atoms with Gasteiger partial charge >= 0.3 is 0 Å². The van der Waals surface area contributed by atoms with Gasteiger partial charge in [0.15, 0.2) is 0 Å². The maximum Gasteiger partial charge on any atom is 0.126 e. The molecule has 1 aromatic carbocycles. The molecular formula is C12H14BrFO. The van der Waals surface area contributed by atoms with Gasteiger partial charge in [0.1, 0.15) is 5.82 Å². The molecular weight excluding hydrogens is 259 g/mol. The average Bonchev–Trinajstić information content (AvgIpc) is 2.24. The second kappa shape index (κ2) is 5.08. The van der Waals surface area contributed by atoms with Gasteiger partial charge in [-0.1, -0.05) is 34.1 Å². The Morgan fingerprint density at radius 2 is 2.20 bits per heavy atom. The first-order chi connectivity index (χ1) is 7.27. The first-order valence-electron chi connectivity index (χ1n) is 5.22. The summed E-state index contributed by atoms with van der Waals surface area (Å²) in [6, 6.07) is 6.97. The molecule has 0 amide bonds. The molecule has 1 aromatic rings. The van der Waals surface area contributed by atoms with Crippen molar-refractivity contribution in [2.75, 3.05) is 13.2 Å². The summed E-state index contributed by atoms with van der Waals surface area (Å²) in [5.41, 5.74) is 0.789. The second-order valence-electron chi connectivity index (χ2n) is 3.94. The summed E-state index contributed by atoms with van der Waals surface area (Å²) >= 11 is 3.63. The normalized spacial score (nSPS) is 26.5. The molecule has 2 atom stereocenters. The van der Waals surface area contributed by atoms with E-state index in [1.54, 1.807) is 6.07 Å². The van der Waals surface area contributed by atoms with Crippen LogP contribution in [-0.2, 0) is 11.2 Å². The highest BCUT2D eigenvalue weighted by Crippen LogP contribution is 2.26. The number of alkyl halides is 1. The van der Waals surface area contributed by atoms with Crippen LogP contribution >= 0.6 is 15.9 Å². The van der Waals surface area contributed by atoms with E-state index in [2.05, 4.69) is 15.9 Å². The van der Waals surface area contributed by atoms with Crippen molar-refractivity contribution >= 4 is 15.9 Å². The Morgan fingerprint density at radius 1 is 1.40 bits per heavy atom. The molecule has 1 fully saturated rings. The van der Waals surface area contributed by atoms with Crippen LogP contribution in [0.4, 0.5) is 4.39 Å². The lowest BCUT2D eigenvalue weighted by Crippen LogP contribution is -2.29. The Labute approximate surface area is 97.8 Å². The Balaban J connectivity index is 2.04. The molecule has 82 valence electrons. The lowest BCUT2D eigenvalue weighted by Gasteiger charge is -2.27. The molecule has 1 nitrogen and oxygen atoms in total. The number of ether oxygens (including phenoxy) is 1. The van der Waals surface area contributed by atoms with Crippen LogP contribution in [0.3, 0.4) is 0 Å². The van der Waals surface area contributed by atoms with E-state index in [9.17, 15) is 4.39 Å². The molecule has 0 N–H and O–H groups in total. The van der Waals surface area contributed by atoms with Gasteiger partial charge in [-0.2, -0.15) is 0 Å². The highest BCUT2D eigenvalue weighted by atomic mass is 79.9. The fourth-order valence-corrected chi connectivity index (χ4v) is 2.43. The molecule has 2 rings (SSSR count). The predicted molar refractivity (Wildman–Crippen MR) is 61.7 cm³/mol. The molecule has 3 heteroatoms. The van der Waals surface area contributed by atoms with Crippen molar-refractivity contribution in [3.63, 3.8) is 0 Å². The van der Waals surface area contributed by atoms with Crippen molar-refractivity contribution in [1.82, 2.24) is 0 Å². The maximum atomic E-state index is 13.4. The highest BCUT2D eigenvalue weighted by molar-refractivity contribution is 9.09. The van der Waals surface area contributed by atoms with Crippen molar-refractivity contribution < 1.29 is 9.13 Å². The van der Waals surface area contributed by atoms with E-state index in [-0.39, 0.29) is 5.82 Å². The lowest BCUT2D eigenvalue weighted by atomic mass is 9.94. The minimum absolute atomic E-state index is 0.109. The summed E-state index contributed by atoms with van der Waals surface area (Å²) in [4.78, 5) is 0.450. The van der Waals surface area contributed by atoms with Gasteiger partial charge in [0.25, 0.3) is 0 Å². The van der Waals surface area contributed by atoms with E-state index in [4.69, 9.17) is 4.74 Å². The predicted octanol–water partition coefficient (Wildman–Crippen LogP) is 3.17. The molecule has 1 aliphatic rings.